The van der Waals surface area contributed by atoms with E-state index in [0.29, 0.717) is 6.04 Å². The van der Waals surface area contributed by atoms with Gasteiger partial charge in [0, 0.05) is 29.8 Å². The number of nitrogens with one attached hydrogen (secondary N) is 1. The van der Waals surface area contributed by atoms with Crippen molar-refractivity contribution in [1.29, 1.82) is 0 Å². The van der Waals surface area contributed by atoms with Crippen molar-refractivity contribution >= 4 is 26.8 Å². The first kappa shape index (κ1) is 17.7. The molecule has 1 aliphatic rings. The average Bonchev–Trinajstić information content (AvgIpc) is 3.10. The summed E-state index contributed by atoms with van der Waals surface area (Å²) in [4.78, 5) is 11.5. The van der Waals surface area contributed by atoms with Crippen LogP contribution in [0.3, 0.4) is 0 Å². The predicted molar refractivity (Wildman–Crippen MR) is 103 cm³/mol. The van der Waals surface area contributed by atoms with Crippen LogP contribution in [0.4, 0.5) is 0 Å². The van der Waals surface area contributed by atoms with Gasteiger partial charge in [-0.15, -0.1) is 0 Å². The summed E-state index contributed by atoms with van der Waals surface area (Å²) in [6.45, 7) is 0. The number of nitrogens with zero attached hydrogens (tertiary/aromatic N) is 2. The number of hydrogen-bond donors (Lipinski definition) is 1. The highest BCUT2D eigenvalue weighted by Gasteiger charge is 2.14. The molecule has 2 heterocycles. The Morgan fingerprint density at radius 1 is 1.24 bits per heavy atom. The zero-order chi connectivity index (χ0) is 17.6. The lowest BCUT2D eigenvalue weighted by molar-refractivity contribution is 0.346. The Balaban J connectivity index is 0.000000146. The zero-order valence-corrected chi connectivity index (χ0v) is 15.8. The number of ether oxygens (including phenoxy) is 1. The molecule has 5 nitrogen and oxygen atoms in total. The summed E-state index contributed by atoms with van der Waals surface area (Å²) in [5.74, 6) is 0.812. The summed E-state index contributed by atoms with van der Waals surface area (Å²) >= 11 is 3.40. The minimum absolute atomic E-state index is 0.148. The van der Waals surface area contributed by atoms with Crippen molar-refractivity contribution in [3.63, 3.8) is 0 Å². The molecule has 25 heavy (non-hydrogen) atoms. The highest BCUT2D eigenvalue weighted by Crippen LogP contribution is 2.29. The topological polar surface area (TPSA) is 59.9 Å². The molecule has 1 aliphatic carbocycles. The number of aromatic amines is 1. The minimum Gasteiger partial charge on any atom is -0.495 e. The van der Waals surface area contributed by atoms with Crippen molar-refractivity contribution < 1.29 is 4.74 Å². The smallest absolute Gasteiger partial charge is 0.250 e. The van der Waals surface area contributed by atoms with Crippen LogP contribution < -0.4 is 10.3 Å². The molecular weight excluding hydrogens is 382 g/mol. The fraction of sp³-hybridized carbons (Fsp3) is 0.368. The van der Waals surface area contributed by atoms with E-state index >= 15 is 0 Å². The van der Waals surface area contributed by atoms with Crippen molar-refractivity contribution in [3.05, 3.63) is 57.6 Å². The Morgan fingerprint density at radius 2 is 2.04 bits per heavy atom. The average molecular weight is 404 g/mol. The number of fused-ring (bicyclic) bond motifs is 1. The number of methoxy groups -OCH3 is 1. The van der Waals surface area contributed by atoms with E-state index in [-0.39, 0.29) is 5.56 Å². The van der Waals surface area contributed by atoms with Gasteiger partial charge >= 0.3 is 0 Å². The van der Waals surface area contributed by atoms with Crippen molar-refractivity contribution in [2.45, 2.75) is 38.1 Å². The number of pyridine rings is 1. The molecule has 2 aromatic heterocycles. The van der Waals surface area contributed by atoms with Crippen LogP contribution in [0.2, 0.25) is 0 Å². The van der Waals surface area contributed by atoms with Gasteiger partial charge in [0.25, 0.3) is 5.56 Å². The highest BCUT2D eigenvalue weighted by molar-refractivity contribution is 9.10. The van der Waals surface area contributed by atoms with E-state index in [9.17, 15) is 4.79 Å². The summed E-state index contributed by atoms with van der Waals surface area (Å²) in [5.41, 5.74) is 1.13. The molecule has 1 aromatic carbocycles. The van der Waals surface area contributed by atoms with Crippen LogP contribution in [0.25, 0.3) is 10.9 Å². The van der Waals surface area contributed by atoms with Gasteiger partial charge in [0.05, 0.1) is 23.3 Å². The maximum Gasteiger partial charge on any atom is 0.250 e. The lowest BCUT2D eigenvalue weighted by Crippen LogP contribution is -2.24. The SMILES string of the molecule is COc1cc2[nH]ncc2cc1Br.O=c1ccccn1C1CCCCC1. The Bertz CT molecular complexity index is 882. The normalized spacial score (nSPS) is 14.8. The van der Waals surface area contributed by atoms with Crippen LogP contribution in [0.5, 0.6) is 5.75 Å². The van der Waals surface area contributed by atoms with Gasteiger partial charge in [0.2, 0.25) is 0 Å². The first-order valence-corrected chi connectivity index (χ1v) is 9.32. The second-order valence-corrected chi connectivity index (χ2v) is 7.04. The van der Waals surface area contributed by atoms with Gasteiger partial charge in [-0.2, -0.15) is 5.10 Å². The van der Waals surface area contributed by atoms with Gasteiger partial charge in [0.15, 0.2) is 0 Å². The lowest BCUT2D eigenvalue weighted by Gasteiger charge is -2.23. The summed E-state index contributed by atoms with van der Waals surface area (Å²) in [5, 5.41) is 7.86. The van der Waals surface area contributed by atoms with E-state index in [4.69, 9.17) is 4.74 Å². The van der Waals surface area contributed by atoms with Gasteiger partial charge in [-0.05, 0) is 40.9 Å². The molecule has 1 fully saturated rings. The Hall–Kier alpha value is -2.08. The second-order valence-electron chi connectivity index (χ2n) is 6.18. The quantitative estimate of drug-likeness (QED) is 0.674. The molecule has 0 spiro atoms. The van der Waals surface area contributed by atoms with E-state index in [2.05, 4.69) is 26.1 Å². The van der Waals surface area contributed by atoms with Gasteiger partial charge in [-0.25, -0.2) is 0 Å². The maximum atomic E-state index is 11.5. The highest BCUT2D eigenvalue weighted by atomic mass is 79.9. The molecule has 3 aromatic rings. The zero-order valence-electron chi connectivity index (χ0n) is 14.2. The van der Waals surface area contributed by atoms with Gasteiger partial charge in [-0.3, -0.25) is 9.89 Å². The number of H-pyrrole nitrogens is 1. The van der Waals surface area contributed by atoms with Crippen LogP contribution >= 0.6 is 15.9 Å². The van der Waals surface area contributed by atoms with E-state index in [1.165, 1.54) is 32.1 Å². The fourth-order valence-corrected chi connectivity index (χ4v) is 3.72. The molecule has 1 saturated carbocycles. The molecule has 0 amide bonds. The Labute approximate surface area is 155 Å². The number of aromatic nitrogens is 3. The van der Waals surface area contributed by atoms with Crippen LogP contribution in [-0.2, 0) is 0 Å². The number of halogens is 1. The predicted octanol–water partition coefficient (Wildman–Crippen LogP) is 4.69. The summed E-state index contributed by atoms with van der Waals surface area (Å²) in [6, 6.07) is 9.73. The van der Waals surface area contributed by atoms with Crippen molar-refractivity contribution in [1.82, 2.24) is 14.8 Å². The first-order chi connectivity index (χ1) is 12.2. The molecule has 0 radical (unpaired) electrons. The molecule has 1 N–H and O–H groups in total. The molecule has 0 aliphatic heterocycles. The summed E-state index contributed by atoms with van der Waals surface area (Å²) < 4.78 is 7.96. The molecule has 0 atom stereocenters. The van der Waals surface area contributed by atoms with Gasteiger partial charge < -0.3 is 9.30 Å². The van der Waals surface area contributed by atoms with Gasteiger partial charge in [-0.1, -0.05) is 25.3 Å². The Morgan fingerprint density at radius 3 is 2.76 bits per heavy atom. The number of benzene rings is 1. The second kappa shape index (κ2) is 8.34. The van der Waals surface area contributed by atoms with E-state index < -0.39 is 0 Å². The van der Waals surface area contributed by atoms with Crippen LogP contribution in [0.1, 0.15) is 38.1 Å². The molecule has 6 heteroatoms. The Kier molecular flexibility index (Phi) is 5.91. The molecule has 4 rings (SSSR count). The summed E-state index contributed by atoms with van der Waals surface area (Å²) in [7, 11) is 1.64. The van der Waals surface area contributed by atoms with E-state index in [1.807, 2.05) is 35.0 Å². The van der Waals surface area contributed by atoms with Crippen molar-refractivity contribution in [2.75, 3.05) is 7.11 Å². The first-order valence-electron chi connectivity index (χ1n) is 8.53. The molecule has 0 bridgehead atoms. The fourth-order valence-electron chi connectivity index (χ4n) is 3.20. The van der Waals surface area contributed by atoms with Crippen molar-refractivity contribution in [2.24, 2.45) is 0 Å². The van der Waals surface area contributed by atoms with E-state index in [1.54, 1.807) is 19.4 Å². The number of rotatable bonds is 2. The minimum atomic E-state index is 0.148. The van der Waals surface area contributed by atoms with Crippen LogP contribution in [0, 0.1) is 0 Å². The molecule has 0 unspecified atom stereocenters. The number of hydrogen-bond acceptors (Lipinski definition) is 3. The third-order valence-corrected chi connectivity index (χ3v) is 5.15. The van der Waals surface area contributed by atoms with Crippen molar-refractivity contribution in [3.8, 4) is 5.75 Å². The maximum absolute atomic E-state index is 11.5. The third-order valence-electron chi connectivity index (χ3n) is 4.53. The van der Waals surface area contributed by atoms with E-state index in [0.717, 1.165) is 21.1 Å². The standard InChI is InChI=1S/C11H15NO.C8H7BrN2O/c13-11-8-4-5-9-12(11)10-6-2-1-3-7-10;1-12-8-3-7-5(2-6(8)9)4-10-11-7/h4-5,8-10H,1-3,6-7H2;2-4H,1H3,(H,10,11). The van der Waals surface area contributed by atoms with Crippen LogP contribution in [0.15, 0.2) is 52.0 Å². The van der Waals surface area contributed by atoms with Gasteiger partial charge in [0.1, 0.15) is 5.75 Å². The molecular formula is C19H22BrN3O2. The molecule has 132 valence electrons. The largest absolute Gasteiger partial charge is 0.495 e. The third kappa shape index (κ3) is 4.31. The lowest BCUT2D eigenvalue weighted by atomic mass is 9.95. The summed E-state index contributed by atoms with van der Waals surface area (Å²) in [6.07, 6.45) is 9.90. The molecule has 0 saturated heterocycles. The monoisotopic (exact) mass is 403 g/mol. The van der Waals surface area contributed by atoms with Crippen LogP contribution in [-0.4, -0.2) is 21.9 Å².